The summed E-state index contributed by atoms with van der Waals surface area (Å²) in [6.07, 6.45) is 4.30. The number of pyridine rings is 1. The van der Waals surface area contributed by atoms with E-state index in [4.69, 9.17) is 4.42 Å². The highest BCUT2D eigenvalue weighted by molar-refractivity contribution is 6.89. The molecule has 136 valence electrons. The SMILES string of the molecule is Cc1c2cc[n+](C)c2cc2oc3cc([Si](C)(C)C)cc4ccn(C)c(c12)c43. The minimum atomic E-state index is -1.44. The molecule has 0 saturated heterocycles. The summed E-state index contributed by atoms with van der Waals surface area (Å²) in [6, 6.07) is 11.3. The fourth-order valence-electron chi connectivity index (χ4n) is 4.33. The molecule has 3 heterocycles. The molecule has 0 aliphatic rings. The Morgan fingerprint density at radius 1 is 1.00 bits per heavy atom. The summed E-state index contributed by atoms with van der Waals surface area (Å²) in [5.41, 5.74) is 5.72. The first-order chi connectivity index (χ1) is 12.8. The monoisotopic (exact) mass is 373 g/mol. The van der Waals surface area contributed by atoms with E-state index in [9.17, 15) is 0 Å². The van der Waals surface area contributed by atoms with Gasteiger partial charge in [-0.25, -0.2) is 4.57 Å². The number of hydrogen-bond acceptors (Lipinski definition) is 1. The van der Waals surface area contributed by atoms with Gasteiger partial charge in [-0.3, -0.25) is 0 Å². The third-order valence-electron chi connectivity index (χ3n) is 5.94. The van der Waals surface area contributed by atoms with E-state index in [1.165, 1.54) is 43.3 Å². The van der Waals surface area contributed by atoms with Gasteiger partial charge in [-0.15, -0.1) is 0 Å². The normalized spacial score (nSPS) is 12.8. The average Bonchev–Trinajstić information content (AvgIpc) is 2.97. The summed E-state index contributed by atoms with van der Waals surface area (Å²) in [7, 11) is 2.79. The van der Waals surface area contributed by atoms with Gasteiger partial charge in [0.25, 0.3) is 0 Å². The fraction of sp³-hybridized carbons (Fsp3) is 0.261. The highest BCUT2D eigenvalue weighted by atomic mass is 28.3. The number of rotatable bonds is 1. The number of hydrogen-bond donors (Lipinski definition) is 0. The number of benzene rings is 2. The Hall–Kier alpha value is -2.59. The average molecular weight is 374 g/mol. The van der Waals surface area contributed by atoms with Crippen LogP contribution in [0.5, 0.6) is 0 Å². The Labute approximate surface area is 159 Å². The standard InChI is InChI=1S/C23H25N2OSi/c1-14-17-8-10-24(2)18(17)13-20-21(14)23-22-15(7-9-25(23)3)11-16(27(4,5)6)12-19(22)26-20/h7-13H,1-6H3/q+1. The van der Waals surface area contributed by atoms with E-state index < -0.39 is 8.07 Å². The van der Waals surface area contributed by atoms with Crippen molar-refractivity contribution in [2.45, 2.75) is 26.6 Å². The Balaban J connectivity index is 2.08. The molecule has 4 heteroatoms. The number of aryl methyl sites for hydroxylation is 3. The second-order valence-electron chi connectivity index (χ2n) is 8.80. The lowest BCUT2D eigenvalue weighted by molar-refractivity contribution is -0.642. The van der Waals surface area contributed by atoms with E-state index in [0.29, 0.717) is 0 Å². The first kappa shape index (κ1) is 16.6. The van der Waals surface area contributed by atoms with E-state index in [0.717, 1.165) is 11.2 Å². The van der Waals surface area contributed by atoms with Gasteiger partial charge in [0.05, 0.1) is 25.0 Å². The van der Waals surface area contributed by atoms with E-state index in [1.54, 1.807) is 0 Å². The zero-order valence-electron chi connectivity index (χ0n) is 16.8. The molecule has 0 saturated carbocycles. The van der Waals surface area contributed by atoms with Gasteiger partial charge >= 0.3 is 0 Å². The molecule has 27 heavy (non-hydrogen) atoms. The van der Waals surface area contributed by atoms with Crippen LogP contribution < -0.4 is 9.75 Å². The van der Waals surface area contributed by atoms with Gasteiger partial charge in [0.15, 0.2) is 6.20 Å². The molecule has 0 atom stereocenters. The van der Waals surface area contributed by atoms with Gasteiger partial charge in [-0.1, -0.05) is 30.9 Å². The molecule has 5 rings (SSSR count). The van der Waals surface area contributed by atoms with Crippen molar-refractivity contribution in [3.63, 3.8) is 0 Å². The van der Waals surface area contributed by atoms with Gasteiger partial charge in [0.1, 0.15) is 18.2 Å². The van der Waals surface area contributed by atoms with Crippen molar-refractivity contribution in [2.24, 2.45) is 14.1 Å². The summed E-state index contributed by atoms with van der Waals surface area (Å²) in [5, 5.41) is 6.45. The minimum absolute atomic E-state index is 0.963. The fourth-order valence-corrected chi connectivity index (χ4v) is 5.48. The molecule has 3 aromatic heterocycles. The van der Waals surface area contributed by atoms with Gasteiger partial charge in [-0.2, -0.15) is 0 Å². The summed E-state index contributed by atoms with van der Waals surface area (Å²) >= 11 is 0. The highest BCUT2D eigenvalue weighted by Gasteiger charge is 2.22. The van der Waals surface area contributed by atoms with Crippen LogP contribution in [0.3, 0.4) is 0 Å². The Bertz CT molecular complexity index is 1380. The zero-order chi connectivity index (χ0) is 19.1. The predicted octanol–water partition coefficient (Wildman–Crippen LogP) is 4.91. The lowest BCUT2D eigenvalue weighted by Crippen LogP contribution is -2.37. The molecular weight excluding hydrogens is 348 g/mol. The second-order valence-corrected chi connectivity index (χ2v) is 13.9. The molecule has 0 fully saturated rings. The molecule has 0 bridgehead atoms. The first-order valence-corrected chi connectivity index (χ1v) is 13.0. The van der Waals surface area contributed by atoms with Crippen LogP contribution in [0.2, 0.25) is 19.6 Å². The number of fused-ring (bicyclic) bond motifs is 3. The molecule has 0 aliphatic carbocycles. The predicted molar refractivity (Wildman–Crippen MR) is 117 cm³/mol. The Morgan fingerprint density at radius 2 is 1.74 bits per heavy atom. The van der Waals surface area contributed by atoms with E-state index in [1.807, 2.05) is 0 Å². The first-order valence-electron chi connectivity index (χ1n) is 9.49. The summed E-state index contributed by atoms with van der Waals surface area (Å²) in [6.45, 7) is 9.38. The zero-order valence-corrected chi connectivity index (χ0v) is 17.8. The molecule has 0 spiro atoms. The molecule has 0 amide bonds. The second kappa shape index (κ2) is 5.23. The van der Waals surface area contributed by atoms with Crippen LogP contribution >= 0.6 is 0 Å². The highest BCUT2D eigenvalue weighted by Crippen LogP contribution is 2.37. The molecule has 3 nitrogen and oxygen atoms in total. The molecule has 2 aromatic carbocycles. The van der Waals surface area contributed by atoms with Gasteiger partial charge < -0.3 is 8.98 Å². The lowest BCUT2D eigenvalue weighted by Gasteiger charge is -2.20. The van der Waals surface area contributed by atoms with Crippen LogP contribution in [0.15, 0.2) is 47.1 Å². The largest absolute Gasteiger partial charge is 0.456 e. The molecule has 0 radical (unpaired) electrons. The smallest absolute Gasteiger partial charge is 0.216 e. The minimum Gasteiger partial charge on any atom is -0.456 e. The maximum absolute atomic E-state index is 6.55. The van der Waals surface area contributed by atoms with Crippen molar-refractivity contribution in [2.75, 3.05) is 0 Å². The molecule has 0 unspecified atom stereocenters. The van der Waals surface area contributed by atoms with E-state index >= 15 is 0 Å². The Kier molecular flexibility index (Phi) is 3.21. The maximum Gasteiger partial charge on any atom is 0.216 e. The molecule has 0 N–H and O–H groups in total. The van der Waals surface area contributed by atoms with Crippen LogP contribution in [0, 0.1) is 6.92 Å². The summed E-state index contributed by atoms with van der Waals surface area (Å²) < 4.78 is 11.0. The van der Waals surface area contributed by atoms with Crippen molar-refractivity contribution in [3.8, 4) is 0 Å². The van der Waals surface area contributed by atoms with Crippen LogP contribution in [0.1, 0.15) is 5.56 Å². The van der Waals surface area contributed by atoms with Gasteiger partial charge in [0, 0.05) is 30.1 Å². The van der Waals surface area contributed by atoms with Crippen molar-refractivity contribution in [1.82, 2.24) is 4.57 Å². The van der Waals surface area contributed by atoms with Crippen molar-refractivity contribution >= 4 is 57.0 Å². The van der Waals surface area contributed by atoms with Crippen molar-refractivity contribution in [3.05, 3.63) is 48.3 Å². The number of aromatic nitrogens is 2. The van der Waals surface area contributed by atoms with Gasteiger partial charge in [-0.05, 0) is 30.0 Å². The Morgan fingerprint density at radius 3 is 2.48 bits per heavy atom. The third kappa shape index (κ3) is 2.23. The van der Waals surface area contributed by atoms with E-state index in [-0.39, 0.29) is 0 Å². The molecule has 0 aliphatic heterocycles. The van der Waals surface area contributed by atoms with Crippen LogP contribution in [0.25, 0.3) is 43.7 Å². The van der Waals surface area contributed by atoms with E-state index in [2.05, 4.69) is 92.5 Å². The third-order valence-corrected chi connectivity index (χ3v) is 7.96. The van der Waals surface area contributed by atoms with Gasteiger partial charge in [0.2, 0.25) is 5.52 Å². The summed E-state index contributed by atoms with van der Waals surface area (Å²) in [5.74, 6) is 0. The van der Waals surface area contributed by atoms with Crippen LogP contribution in [-0.2, 0) is 14.1 Å². The topological polar surface area (TPSA) is 21.9 Å². The quantitative estimate of drug-likeness (QED) is 0.177. The van der Waals surface area contributed by atoms with Crippen LogP contribution in [0.4, 0.5) is 0 Å². The van der Waals surface area contributed by atoms with Crippen molar-refractivity contribution in [1.29, 1.82) is 0 Å². The molecule has 5 aromatic rings. The molecular formula is C23H25N2OSi+. The van der Waals surface area contributed by atoms with Crippen LogP contribution in [-0.4, -0.2) is 12.6 Å². The lowest BCUT2D eigenvalue weighted by atomic mass is 10.0. The number of nitrogens with zero attached hydrogens (tertiary/aromatic N) is 2. The summed E-state index contributed by atoms with van der Waals surface area (Å²) in [4.78, 5) is 0. The maximum atomic E-state index is 6.55. The van der Waals surface area contributed by atoms with Crippen molar-refractivity contribution < 1.29 is 8.98 Å².